The van der Waals surface area contributed by atoms with Crippen LogP contribution in [-0.4, -0.2) is 69.6 Å². The number of likely N-dealkylation sites (tertiary alicyclic amines) is 1. The molecule has 36 heavy (non-hydrogen) atoms. The third kappa shape index (κ3) is 5.51. The molecule has 0 saturated carbocycles. The monoisotopic (exact) mass is 510 g/mol. The van der Waals surface area contributed by atoms with Gasteiger partial charge in [-0.3, -0.25) is 9.78 Å². The van der Waals surface area contributed by atoms with Crippen molar-refractivity contribution in [3.63, 3.8) is 0 Å². The van der Waals surface area contributed by atoms with Gasteiger partial charge in [-0.1, -0.05) is 24.4 Å². The molecular formula is C26H31ClN6O3. The summed E-state index contributed by atoms with van der Waals surface area (Å²) in [5, 5.41) is 5.06. The van der Waals surface area contributed by atoms with Crippen molar-refractivity contribution < 1.29 is 14.3 Å². The second kappa shape index (κ2) is 11.1. The van der Waals surface area contributed by atoms with Gasteiger partial charge in [0.25, 0.3) is 5.91 Å². The van der Waals surface area contributed by atoms with Gasteiger partial charge in [-0.25, -0.2) is 9.78 Å². The van der Waals surface area contributed by atoms with Crippen LogP contribution in [0.25, 0.3) is 23.1 Å². The fraction of sp³-hybridized carbons (Fsp3) is 0.423. The van der Waals surface area contributed by atoms with Crippen LogP contribution in [0.5, 0.6) is 0 Å². The van der Waals surface area contributed by atoms with E-state index < -0.39 is 5.97 Å². The lowest BCUT2D eigenvalue weighted by molar-refractivity contribution is -0.137. The molecule has 1 saturated heterocycles. The minimum absolute atomic E-state index is 0.0633. The van der Waals surface area contributed by atoms with Gasteiger partial charge >= 0.3 is 5.97 Å². The Morgan fingerprint density at radius 2 is 2.03 bits per heavy atom. The van der Waals surface area contributed by atoms with Crippen molar-refractivity contribution in [3.8, 4) is 11.4 Å². The number of hydrogen-bond donors (Lipinski definition) is 0. The molecule has 4 rings (SSSR count). The van der Waals surface area contributed by atoms with Crippen LogP contribution in [0.3, 0.4) is 0 Å². The molecule has 10 heteroatoms. The van der Waals surface area contributed by atoms with Crippen LogP contribution in [0.1, 0.15) is 55.6 Å². The third-order valence-electron chi connectivity index (χ3n) is 6.20. The Bertz CT molecular complexity index is 1300. The lowest BCUT2D eigenvalue weighted by atomic mass is 10.1. The smallest absolute Gasteiger partial charge is 0.330 e. The fourth-order valence-electron chi connectivity index (χ4n) is 4.31. The molecule has 0 radical (unpaired) electrons. The normalized spacial score (nSPS) is 16.4. The molecule has 3 aromatic rings. The van der Waals surface area contributed by atoms with Crippen molar-refractivity contribution in [2.45, 2.75) is 45.6 Å². The topological polar surface area (TPSA) is 92.9 Å². The number of anilines is 1. The largest absolute Gasteiger partial charge is 0.463 e. The van der Waals surface area contributed by atoms with E-state index in [1.54, 1.807) is 41.9 Å². The van der Waals surface area contributed by atoms with Crippen molar-refractivity contribution in [3.05, 3.63) is 46.8 Å². The van der Waals surface area contributed by atoms with Crippen molar-refractivity contribution in [2.24, 2.45) is 0 Å². The summed E-state index contributed by atoms with van der Waals surface area (Å²) in [5.74, 6) is 0.231. The molecule has 4 heterocycles. The number of amides is 1. The Morgan fingerprint density at radius 1 is 1.22 bits per heavy atom. The summed E-state index contributed by atoms with van der Waals surface area (Å²) in [6.45, 7) is 4.90. The van der Waals surface area contributed by atoms with Crippen LogP contribution >= 0.6 is 11.6 Å². The summed E-state index contributed by atoms with van der Waals surface area (Å²) in [6.07, 6.45) is 8.82. The maximum Gasteiger partial charge on any atom is 0.330 e. The van der Waals surface area contributed by atoms with Gasteiger partial charge in [0, 0.05) is 51.1 Å². The summed E-state index contributed by atoms with van der Waals surface area (Å²) < 4.78 is 6.58. The van der Waals surface area contributed by atoms with Gasteiger partial charge in [-0.15, -0.1) is 0 Å². The van der Waals surface area contributed by atoms with Gasteiger partial charge in [0.15, 0.2) is 5.65 Å². The SMILES string of the molecule is CCOC(=O)/C=C/c1cnc(-c2cc3nc(C(=O)N4CCCCC[C@H]4C)cc(N(C)C)n3n2)c(Cl)c1. The van der Waals surface area contributed by atoms with Gasteiger partial charge in [0.05, 0.1) is 11.6 Å². The number of ether oxygens (including phenoxy) is 1. The van der Waals surface area contributed by atoms with Crippen molar-refractivity contribution >= 4 is 41.0 Å². The summed E-state index contributed by atoms with van der Waals surface area (Å²) in [6, 6.07) is 5.44. The maximum atomic E-state index is 13.4. The first-order valence-corrected chi connectivity index (χ1v) is 12.6. The summed E-state index contributed by atoms with van der Waals surface area (Å²) in [5.41, 5.74) is 2.60. The zero-order valence-electron chi connectivity index (χ0n) is 21.1. The predicted molar refractivity (Wildman–Crippen MR) is 140 cm³/mol. The molecule has 0 aromatic carbocycles. The predicted octanol–water partition coefficient (Wildman–Crippen LogP) is 4.49. The number of pyridine rings is 1. The number of rotatable bonds is 6. The highest BCUT2D eigenvalue weighted by molar-refractivity contribution is 6.33. The molecule has 0 spiro atoms. The van der Waals surface area contributed by atoms with Crippen LogP contribution in [0.2, 0.25) is 5.02 Å². The Balaban J connectivity index is 1.69. The molecule has 0 unspecified atom stereocenters. The Kier molecular flexibility index (Phi) is 7.88. The Labute approximate surface area is 215 Å². The minimum Gasteiger partial charge on any atom is -0.463 e. The molecule has 1 fully saturated rings. The average molecular weight is 511 g/mol. The van der Waals surface area contributed by atoms with Crippen LogP contribution in [0.15, 0.2) is 30.5 Å². The summed E-state index contributed by atoms with van der Waals surface area (Å²) >= 11 is 6.53. The molecule has 0 bridgehead atoms. The lowest BCUT2D eigenvalue weighted by Crippen LogP contribution is -2.38. The molecule has 1 aliphatic heterocycles. The number of carbonyl (C=O) groups excluding carboxylic acids is 2. The number of carbonyl (C=O) groups is 2. The first-order valence-electron chi connectivity index (χ1n) is 12.2. The highest BCUT2D eigenvalue weighted by atomic mass is 35.5. The molecule has 9 nitrogen and oxygen atoms in total. The van der Waals surface area contributed by atoms with Gasteiger partial charge in [0.1, 0.15) is 22.9 Å². The summed E-state index contributed by atoms with van der Waals surface area (Å²) in [4.78, 5) is 38.0. The van der Waals surface area contributed by atoms with Gasteiger partial charge in [-0.2, -0.15) is 9.61 Å². The number of nitrogens with zero attached hydrogens (tertiary/aromatic N) is 6. The fourth-order valence-corrected chi connectivity index (χ4v) is 4.58. The first kappa shape index (κ1) is 25.6. The Hall–Kier alpha value is -3.46. The quantitative estimate of drug-likeness (QED) is 0.356. The number of fused-ring (bicyclic) bond motifs is 1. The van der Waals surface area contributed by atoms with E-state index in [1.165, 1.54) is 6.08 Å². The molecule has 0 N–H and O–H groups in total. The molecule has 1 amide bonds. The van der Waals surface area contributed by atoms with E-state index in [-0.39, 0.29) is 11.9 Å². The zero-order valence-corrected chi connectivity index (χ0v) is 21.8. The van der Waals surface area contributed by atoms with E-state index in [2.05, 4.69) is 22.0 Å². The van der Waals surface area contributed by atoms with E-state index in [9.17, 15) is 9.59 Å². The highest BCUT2D eigenvalue weighted by Gasteiger charge is 2.26. The van der Waals surface area contributed by atoms with Crippen molar-refractivity contribution in [1.29, 1.82) is 0 Å². The minimum atomic E-state index is -0.430. The number of aromatic nitrogens is 4. The average Bonchev–Trinajstić information content (AvgIpc) is 3.15. The van der Waals surface area contributed by atoms with E-state index in [0.717, 1.165) is 38.0 Å². The number of hydrogen-bond acceptors (Lipinski definition) is 7. The van der Waals surface area contributed by atoms with Gasteiger partial charge < -0.3 is 14.5 Å². The number of halogens is 1. The molecule has 3 aromatic heterocycles. The Morgan fingerprint density at radius 3 is 2.75 bits per heavy atom. The lowest BCUT2D eigenvalue weighted by Gasteiger charge is -2.27. The van der Waals surface area contributed by atoms with E-state index in [1.807, 2.05) is 23.9 Å². The summed E-state index contributed by atoms with van der Waals surface area (Å²) in [7, 11) is 3.80. The van der Waals surface area contributed by atoms with E-state index >= 15 is 0 Å². The zero-order chi connectivity index (χ0) is 25.8. The first-order chi connectivity index (χ1) is 17.3. The second-order valence-electron chi connectivity index (χ2n) is 9.07. The van der Waals surface area contributed by atoms with Crippen LogP contribution in [0.4, 0.5) is 5.82 Å². The second-order valence-corrected chi connectivity index (χ2v) is 9.48. The van der Waals surface area contributed by atoms with Crippen molar-refractivity contribution in [2.75, 3.05) is 32.1 Å². The van der Waals surface area contributed by atoms with Crippen molar-refractivity contribution in [1.82, 2.24) is 24.5 Å². The molecule has 1 atom stereocenters. The standard InChI is InChI=1S/C26H31ClN6O3/c1-5-36-24(34)11-10-18-13-19(27)25(28-16-18)20-14-22-29-21(15-23(31(3)4)33(22)30-20)26(35)32-12-8-6-7-9-17(32)2/h10-11,13-17H,5-9,12H2,1-4H3/b11-10+/t17-/m1/s1. The van der Waals surface area contributed by atoms with Crippen LogP contribution in [0, 0.1) is 0 Å². The van der Waals surface area contributed by atoms with Crippen LogP contribution < -0.4 is 4.90 Å². The molecular weight excluding hydrogens is 480 g/mol. The molecule has 0 aliphatic carbocycles. The third-order valence-corrected chi connectivity index (χ3v) is 6.49. The van der Waals surface area contributed by atoms with E-state index in [0.29, 0.717) is 39.9 Å². The molecule has 1 aliphatic rings. The highest BCUT2D eigenvalue weighted by Crippen LogP contribution is 2.29. The number of esters is 1. The van der Waals surface area contributed by atoms with Crippen LogP contribution in [-0.2, 0) is 9.53 Å². The maximum absolute atomic E-state index is 13.4. The molecule has 190 valence electrons. The van der Waals surface area contributed by atoms with Gasteiger partial charge in [0.2, 0.25) is 0 Å². The van der Waals surface area contributed by atoms with E-state index in [4.69, 9.17) is 16.3 Å². The van der Waals surface area contributed by atoms with Gasteiger partial charge in [-0.05, 0) is 44.4 Å².